The summed E-state index contributed by atoms with van der Waals surface area (Å²) in [5.74, 6) is 3.09. The van der Waals surface area contributed by atoms with Gasteiger partial charge in [0.1, 0.15) is 0 Å². The van der Waals surface area contributed by atoms with Crippen LogP contribution in [0, 0.1) is 17.8 Å². The normalized spacial score (nSPS) is 40.3. The van der Waals surface area contributed by atoms with Gasteiger partial charge in [0.05, 0.1) is 6.10 Å². The van der Waals surface area contributed by atoms with Gasteiger partial charge < -0.3 is 5.11 Å². The average molecular weight is 248 g/mol. The highest BCUT2D eigenvalue weighted by molar-refractivity contribution is 5.28. The molecule has 0 amide bonds. The van der Waals surface area contributed by atoms with Crippen molar-refractivity contribution in [3.05, 3.63) is 11.1 Å². The van der Waals surface area contributed by atoms with Gasteiger partial charge in [0.15, 0.2) is 0 Å². The second kappa shape index (κ2) is 5.36. The molecule has 1 nitrogen and oxygen atoms in total. The van der Waals surface area contributed by atoms with Gasteiger partial charge in [0.2, 0.25) is 0 Å². The Morgan fingerprint density at radius 1 is 0.889 bits per heavy atom. The lowest BCUT2D eigenvalue weighted by Gasteiger charge is -2.43. The molecule has 0 atom stereocenters. The molecular weight excluding hydrogens is 220 g/mol. The Balaban J connectivity index is 1.42. The van der Waals surface area contributed by atoms with E-state index in [-0.39, 0.29) is 6.10 Å². The van der Waals surface area contributed by atoms with Gasteiger partial charge >= 0.3 is 0 Å². The van der Waals surface area contributed by atoms with Crippen LogP contribution in [0.5, 0.6) is 0 Å². The van der Waals surface area contributed by atoms with Gasteiger partial charge in [-0.1, -0.05) is 43.8 Å². The summed E-state index contributed by atoms with van der Waals surface area (Å²) in [7, 11) is 0. The maximum Gasteiger partial charge on any atom is 0.0614 e. The van der Waals surface area contributed by atoms with E-state index in [0.717, 1.165) is 30.6 Å². The zero-order valence-electron chi connectivity index (χ0n) is 11.8. The molecule has 0 spiro atoms. The van der Waals surface area contributed by atoms with Gasteiger partial charge in [-0.3, -0.25) is 0 Å². The van der Waals surface area contributed by atoms with E-state index >= 15 is 0 Å². The minimum Gasteiger partial charge on any atom is -0.392 e. The average Bonchev–Trinajstić information content (AvgIpc) is 2.27. The molecular formula is C17H28O. The Hall–Kier alpha value is -0.300. The maximum absolute atomic E-state index is 9.35. The molecule has 0 aliphatic heterocycles. The predicted molar refractivity (Wildman–Crippen MR) is 75.3 cm³/mol. The van der Waals surface area contributed by atoms with Crippen LogP contribution in [0.15, 0.2) is 11.1 Å². The minimum absolute atomic E-state index is 0.00367. The van der Waals surface area contributed by atoms with Crippen LogP contribution in [0.4, 0.5) is 0 Å². The molecule has 1 heteroatoms. The fourth-order valence-electron chi connectivity index (χ4n) is 4.35. The molecule has 3 fully saturated rings. The highest BCUT2D eigenvalue weighted by atomic mass is 16.3. The van der Waals surface area contributed by atoms with Crippen LogP contribution in [0.25, 0.3) is 0 Å². The number of allylic oxidation sites excluding steroid dienone is 1. The summed E-state index contributed by atoms with van der Waals surface area (Å²) >= 11 is 0. The van der Waals surface area contributed by atoms with Gasteiger partial charge in [0, 0.05) is 0 Å². The van der Waals surface area contributed by atoms with E-state index in [0.29, 0.717) is 0 Å². The monoisotopic (exact) mass is 248 g/mol. The predicted octanol–water partition coefficient (Wildman–Crippen LogP) is 4.45. The van der Waals surface area contributed by atoms with Crippen LogP contribution in [0.1, 0.15) is 71.1 Å². The van der Waals surface area contributed by atoms with Crippen molar-refractivity contribution in [2.45, 2.75) is 77.2 Å². The van der Waals surface area contributed by atoms with Gasteiger partial charge in [-0.2, -0.15) is 0 Å². The Morgan fingerprint density at radius 3 is 2.06 bits per heavy atom. The van der Waals surface area contributed by atoms with Crippen LogP contribution >= 0.6 is 0 Å². The Kier molecular flexibility index (Phi) is 3.79. The molecule has 0 radical (unpaired) electrons. The second-order valence-corrected chi connectivity index (χ2v) is 7.01. The largest absolute Gasteiger partial charge is 0.392 e. The maximum atomic E-state index is 9.35. The fraction of sp³-hybridized carbons (Fsp3) is 0.882. The zero-order valence-corrected chi connectivity index (χ0v) is 11.8. The van der Waals surface area contributed by atoms with Crippen molar-refractivity contribution in [3.8, 4) is 0 Å². The Labute approximate surface area is 112 Å². The van der Waals surface area contributed by atoms with E-state index in [1.54, 1.807) is 11.1 Å². The zero-order chi connectivity index (χ0) is 12.5. The molecule has 0 saturated heterocycles. The molecule has 0 heterocycles. The fourth-order valence-corrected chi connectivity index (χ4v) is 4.35. The van der Waals surface area contributed by atoms with Crippen LogP contribution in [-0.4, -0.2) is 11.2 Å². The van der Waals surface area contributed by atoms with Gasteiger partial charge in [0.25, 0.3) is 0 Å². The van der Waals surface area contributed by atoms with E-state index in [9.17, 15) is 5.11 Å². The first-order valence-corrected chi connectivity index (χ1v) is 8.14. The van der Waals surface area contributed by atoms with E-state index in [2.05, 4.69) is 6.92 Å². The lowest BCUT2D eigenvalue weighted by atomic mass is 9.63. The summed E-state index contributed by atoms with van der Waals surface area (Å²) in [5, 5.41) is 9.35. The first kappa shape index (κ1) is 12.7. The summed E-state index contributed by atoms with van der Waals surface area (Å²) in [6.07, 6.45) is 13.6. The number of hydrogen-bond acceptors (Lipinski definition) is 1. The smallest absolute Gasteiger partial charge is 0.0614 e. The number of hydrogen-bond donors (Lipinski definition) is 1. The van der Waals surface area contributed by atoms with Crippen molar-refractivity contribution < 1.29 is 5.11 Å². The third-order valence-electron chi connectivity index (χ3n) is 5.74. The lowest BCUT2D eigenvalue weighted by molar-refractivity contribution is 0.126. The number of rotatable bonds is 3. The first-order chi connectivity index (χ1) is 8.76. The molecule has 0 aromatic heterocycles. The molecule has 18 heavy (non-hydrogen) atoms. The molecule has 3 aliphatic carbocycles. The Bertz CT molecular complexity index is 307. The molecule has 3 saturated carbocycles. The Morgan fingerprint density at radius 2 is 1.50 bits per heavy atom. The van der Waals surface area contributed by atoms with Gasteiger partial charge in [-0.25, -0.2) is 0 Å². The summed E-state index contributed by atoms with van der Waals surface area (Å²) in [6.45, 7) is 2.32. The van der Waals surface area contributed by atoms with E-state index < -0.39 is 0 Å². The summed E-state index contributed by atoms with van der Waals surface area (Å²) in [4.78, 5) is 0. The third kappa shape index (κ3) is 2.52. The molecule has 1 N–H and O–H groups in total. The van der Waals surface area contributed by atoms with Crippen LogP contribution in [0.3, 0.4) is 0 Å². The topological polar surface area (TPSA) is 20.2 Å². The number of aliphatic hydroxyl groups excluding tert-OH is 1. The molecule has 102 valence electrons. The second-order valence-electron chi connectivity index (χ2n) is 7.01. The molecule has 0 aromatic carbocycles. The molecule has 0 aromatic rings. The summed E-state index contributed by atoms with van der Waals surface area (Å²) in [6, 6.07) is 0. The van der Waals surface area contributed by atoms with Crippen molar-refractivity contribution in [2.75, 3.05) is 0 Å². The van der Waals surface area contributed by atoms with Crippen LogP contribution in [-0.2, 0) is 0 Å². The summed E-state index contributed by atoms with van der Waals surface area (Å²) in [5.41, 5.74) is 3.33. The van der Waals surface area contributed by atoms with Crippen molar-refractivity contribution in [2.24, 2.45) is 17.8 Å². The van der Waals surface area contributed by atoms with E-state index in [1.807, 2.05) is 0 Å². The minimum atomic E-state index is -0.00367. The standard InChI is InChI=1S/C17H28O/c1-2-3-12-4-6-13(7-5-12)14-8-15(9-14)16-10-17(18)11-16/h12-14,17-18H,2-11H2,1H3. The molecule has 3 aliphatic rings. The molecule has 0 unspecified atom stereocenters. The van der Waals surface area contributed by atoms with Crippen molar-refractivity contribution in [3.63, 3.8) is 0 Å². The van der Waals surface area contributed by atoms with Crippen molar-refractivity contribution in [1.29, 1.82) is 0 Å². The third-order valence-corrected chi connectivity index (χ3v) is 5.74. The van der Waals surface area contributed by atoms with Gasteiger partial charge in [-0.15, -0.1) is 0 Å². The van der Waals surface area contributed by atoms with Crippen LogP contribution < -0.4 is 0 Å². The number of aliphatic hydroxyl groups is 1. The first-order valence-electron chi connectivity index (χ1n) is 8.14. The molecule has 3 rings (SSSR count). The van der Waals surface area contributed by atoms with Crippen molar-refractivity contribution in [1.82, 2.24) is 0 Å². The SMILES string of the molecule is CCCC1CCC(C2CC(=C3CC(O)C3)C2)CC1. The quantitative estimate of drug-likeness (QED) is 0.731. The van der Waals surface area contributed by atoms with Crippen molar-refractivity contribution >= 4 is 0 Å². The molecule has 0 bridgehead atoms. The highest BCUT2D eigenvalue weighted by Crippen LogP contribution is 2.49. The summed E-state index contributed by atoms with van der Waals surface area (Å²) < 4.78 is 0. The van der Waals surface area contributed by atoms with E-state index in [1.165, 1.54) is 51.4 Å². The van der Waals surface area contributed by atoms with E-state index in [4.69, 9.17) is 0 Å². The highest BCUT2D eigenvalue weighted by Gasteiger charge is 2.36. The van der Waals surface area contributed by atoms with Crippen LogP contribution in [0.2, 0.25) is 0 Å². The lowest BCUT2D eigenvalue weighted by Crippen LogP contribution is -2.31. The van der Waals surface area contributed by atoms with Gasteiger partial charge in [-0.05, 0) is 56.3 Å².